The summed E-state index contributed by atoms with van der Waals surface area (Å²) in [7, 11) is -1.81. The molecule has 0 radical (unpaired) electrons. The van der Waals surface area contributed by atoms with E-state index in [1.807, 2.05) is 6.08 Å². The summed E-state index contributed by atoms with van der Waals surface area (Å²) in [6.07, 6.45) is 3.98. The van der Waals surface area contributed by atoms with E-state index in [1.54, 1.807) is 14.0 Å². The van der Waals surface area contributed by atoms with Crippen molar-refractivity contribution in [1.82, 2.24) is 14.3 Å². The van der Waals surface area contributed by atoms with Gasteiger partial charge in [0.2, 0.25) is 0 Å². The Morgan fingerprint density at radius 1 is 1.56 bits per heavy atom. The Labute approximate surface area is 107 Å². The zero-order valence-corrected chi connectivity index (χ0v) is 11.3. The standard InChI is InChI=1S/C11H17N3O3S/c1-9-12-7-11(13-9)18(15,16)14-5-3-10(4-6-14)8-17-2/h3,7H,4-6,8H2,1-2H3,(H,12,13). The highest BCUT2D eigenvalue weighted by Crippen LogP contribution is 2.19. The molecule has 2 rings (SSSR count). The molecule has 1 aromatic heterocycles. The van der Waals surface area contributed by atoms with E-state index in [1.165, 1.54) is 10.5 Å². The quantitative estimate of drug-likeness (QED) is 0.817. The number of rotatable bonds is 4. The third kappa shape index (κ3) is 2.63. The predicted octanol–water partition coefficient (Wildman–Crippen LogP) is 0.685. The Morgan fingerprint density at radius 2 is 2.33 bits per heavy atom. The van der Waals surface area contributed by atoms with Gasteiger partial charge in [0.05, 0.1) is 12.8 Å². The molecule has 0 spiro atoms. The zero-order valence-electron chi connectivity index (χ0n) is 10.5. The van der Waals surface area contributed by atoms with Gasteiger partial charge >= 0.3 is 0 Å². The first-order chi connectivity index (χ1) is 8.54. The van der Waals surface area contributed by atoms with Gasteiger partial charge in [0.15, 0.2) is 5.03 Å². The van der Waals surface area contributed by atoms with Crippen molar-refractivity contribution < 1.29 is 13.2 Å². The molecule has 7 heteroatoms. The van der Waals surface area contributed by atoms with Crippen molar-refractivity contribution in [2.24, 2.45) is 0 Å². The highest BCUT2D eigenvalue weighted by atomic mass is 32.2. The zero-order chi connectivity index (χ0) is 13.2. The lowest BCUT2D eigenvalue weighted by Gasteiger charge is -2.24. The summed E-state index contributed by atoms with van der Waals surface area (Å²) in [6, 6.07) is 0. The Bertz CT molecular complexity index is 548. The first-order valence-electron chi connectivity index (χ1n) is 5.72. The van der Waals surface area contributed by atoms with Gasteiger partial charge in [0.1, 0.15) is 5.82 Å². The molecule has 1 aliphatic rings. The third-order valence-corrected chi connectivity index (χ3v) is 4.67. The van der Waals surface area contributed by atoms with Crippen molar-refractivity contribution in [3.63, 3.8) is 0 Å². The maximum absolute atomic E-state index is 12.3. The molecule has 0 saturated heterocycles. The lowest BCUT2D eigenvalue weighted by Crippen LogP contribution is -2.35. The van der Waals surface area contributed by atoms with Crippen molar-refractivity contribution in [2.45, 2.75) is 18.4 Å². The minimum Gasteiger partial charge on any atom is -0.380 e. The molecular weight excluding hydrogens is 254 g/mol. The van der Waals surface area contributed by atoms with E-state index in [4.69, 9.17) is 4.74 Å². The summed E-state index contributed by atoms with van der Waals surface area (Å²) in [6.45, 7) is 3.16. The summed E-state index contributed by atoms with van der Waals surface area (Å²) in [4.78, 5) is 6.69. The fourth-order valence-electron chi connectivity index (χ4n) is 1.90. The normalized spacial score (nSPS) is 17.8. The topological polar surface area (TPSA) is 75.3 Å². The van der Waals surface area contributed by atoms with E-state index in [0.29, 0.717) is 31.9 Å². The van der Waals surface area contributed by atoms with Crippen LogP contribution in [0.5, 0.6) is 0 Å². The van der Waals surface area contributed by atoms with Crippen LogP contribution < -0.4 is 0 Å². The smallest absolute Gasteiger partial charge is 0.260 e. The van der Waals surface area contributed by atoms with Gasteiger partial charge in [-0.15, -0.1) is 0 Å². The van der Waals surface area contributed by atoms with Crippen LogP contribution in [0.15, 0.2) is 22.9 Å². The number of aromatic amines is 1. The molecule has 2 heterocycles. The summed E-state index contributed by atoms with van der Waals surface area (Å²) >= 11 is 0. The maximum Gasteiger partial charge on any atom is 0.260 e. The number of ether oxygens (including phenoxy) is 1. The molecular formula is C11H17N3O3S. The number of aryl methyl sites for hydroxylation is 1. The number of aromatic nitrogens is 2. The number of hydrogen-bond acceptors (Lipinski definition) is 4. The molecule has 0 atom stereocenters. The fourth-order valence-corrected chi connectivity index (χ4v) is 3.24. The van der Waals surface area contributed by atoms with Gasteiger partial charge in [-0.1, -0.05) is 6.08 Å². The SMILES string of the molecule is COCC1=CCN(S(=O)(=O)c2cnc(C)[nH]2)CC1. The van der Waals surface area contributed by atoms with E-state index in [2.05, 4.69) is 9.97 Å². The molecule has 100 valence electrons. The van der Waals surface area contributed by atoms with E-state index < -0.39 is 10.0 Å². The number of methoxy groups -OCH3 is 1. The second-order valence-corrected chi connectivity index (χ2v) is 6.15. The third-order valence-electron chi connectivity index (χ3n) is 2.89. The lowest BCUT2D eigenvalue weighted by atomic mass is 10.1. The van der Waals surface area contributed by atoms with Gasteiger partial charge < -0.3 is 9.72 Å². The van der Waals surface area contributed by atoms with Gasteiger partial charge in [-0.2, -0.15) is 4.31 Å². The molecule has 0 saturated carbocycles. The summed E-state index contributed by atoms with van der Waals surface area (Å²) in [5.74, 6) is 0.598. The van der Waals surface area contributed by atoms with E-state index >= 15 is 0 Å². The van der Waals surface area contributed by atoms with E-state index in [9.17, 15) is 8.42 Å². The number of nitrogens with one attached hydrogen (secondary N) is 1. The van der Waals surface area contributed by atoms with Crippen molar-refractivity contribution in [3.05, 3.63) is 23.7 Å². The molecule has 18 heavy (non-hydrogen) atoms. The molecule has 1 N–H and O–H groups in total. The fraction of sp³-hybridized carbons (Fsp3) is 0.545. The summed E-state index contributed by atoms with van der Waals surface area (Å²) in [5, 5.41) is 0.156. The largest absolute Gasteiger partial charge is 0.380 e. The highest BCUT2D eigenvalue weighted by Gasteiger charge is 2.27. The van der Waals surface area contributed by atoms with Crippen LogP contribution >= 0.6 is 0 Å². The Morgan fingerprint density at radius 3 is 2.83 bits per heavy atom. The molecule has 6 nitrogen and oxygen atoms in total. The number of imidazole rings is 1. The van der Waals surface area contributed by atoms with Crippen molar-refractivity contribution >= 4 is 10.0 Å². The summed E-state index contributed by atoms with van der Waals surface area (Å²) < 4.78 is 31.0. The van der Waals surface area contributed by atoms with Crippen LogP contribution in [-0.4, -0.2) is 49.5 Å². The number of hydrogen-bond donors (Lipinski definition) is 1. The predicted molar refractivity (Wildman–Crippen MR) is 66.7 cm³/mol. The minimum absolute atomic E-state index is 0.156. The number of nitrogens with zero attached hydrogens (tertiary/aromatic N) is 2. The second-order valence-electron chi connectivity index (χ2n) is 4.24. The van der Waals surface area contributed by atoms with Crippen LogP contribution in [0.4, 0.5) is 0 Å². The average molecular weight is 271 g/mol. The first kappa shape index (κ1) is 13.3. The highest BCUT2D eigenvalue weighted by molar-refractivity contribution is 7.89. The van der Waals surface area contributed by atoms with Crippen LogP contribution in [0.1, 0.15) is 12.2 Å². The van der Waals surface area contributed by atoms with Crippen molar-refractivity contribution in [3.8, 4) is 0 Å². The molecule has 0 aliphatic carbocycles. The molecule has 0 aromatic carbocycles. The van der Waals surface area contributed by atoms with Crippen LogP contribution in [0, 0.1) is 6.92 Å². The van der Waals surface area contributed by atoms with E-state index in [0.717, 1.165) is 5.57 Å². The first-order valence-corrected chi connectivity index (χ1v) is 7.16. The van der Waals surface area contributed by atoms with Crippen LogP contribution in [0.3, 0.4) is 0 Å². The Kier molecular flexibility index (Phi) is 3.84. The average Bonchev–Trinajstić information content (AvgIpc) is 2.78. The molecule has 1 aromatic rings. The van der Waals surface area contributed by atoms with Crippen molar-refractivity contribution in [1.29, 1.82) is 0 Å². The molecule has 1 aliphatic heterocycles. The van der Waals surface area contributed by atoms with Gasteiger partial charge in [0, 0.05) is 20.2 Å². The molecule has 0 bridgehead atoms. The Hall–Kier alpha value is -1.18. The van der Waals surface area contributed by atoms with Crippen molar-refractivity contribution in [2.75, 3.05) is 26.8 Å². The van der Waals surface area contributed by atoms with Crippen LogP contribution in [0.25, 0.3) is 0 Å². The van der Waals surface area contributed by atoms with Crippen LogP contribution in [-0.2, 0) is 14.8 Å². The monoisotopic (exact) mass is 271 g/mol. The van der Waals surface area contributed by atoms with Gasteiger partial charge in [0.25, 0.3) is 10.0 Å². The number of H-pyrrole nitrogens is 1. The van der Waals surface area contributed by atoms with Gasteiger partial charge in [-0.05, 0) is 18.9 Å². The second kappa shape index (κ2) is 5.21. The Balaban J connectivity index is 2.14. The van der Waals surface area contributed by atoms with Gasteiger partial charge in [-0.25, -0.2) is 13.4 Å². The summed E-state index contributed by atoms with van der Waals surface area (Å²) in [5.41, 5.74) is 1.14. The number of sulfonamides is 1. The maximum atomic E-state index is 12.3. The van der Waals surface area contributed by atoms with Gasteiger partial charge in [-0.3, -0.25) is 0 Å². The van der Waals surface area contributed by atoms with Crippen LogP contribution in [0.2, 0.25) is 0 Å². The lowest BCUT2D eigenvalue weighted by molar-refractivity contribution is 0.219. The molecule has 0 unspecified atom stereocenters. The molecule has 0 amide bonds. The molecule has 0 fully saturated rings. The van der Waals surface area contributed by atoms with E-state index in [-0.39, 0.29) is 5.03 Å². The minimum atomic E-state index is -3.45.